The van der Waals surface area contributed by atoms with Gasteiger partial charge in [0.05, 0.1) is 17.4 Å². The van der Waals surface area contributed by atoms with Crippen molar-refractivity contribution >= 4 is 11.2 Å². The topological polar surface area (TPSA) is 63.5 Å². The highest BCUT2D eigenvalue weighted by molar-refractivity contribution is 5.68. The quantitative estimate of drug-likeness (QED) is 0.700. The maximum Gasteiger partial charge on any atom is 0.0894 e. The number of nitrogens with zero attached hydrogens (tertiary/aromatic N) is 2. The molecule has 0 aliphatic carbocycles. The van der Waals surface area contributed by atoms with Crippen LogP contribution in [0.4, 0.5) is 5.69 Å². The molecule has 4 heteroatoms. The second-order valence-electron chi connectivity index (χ2n) is 2.94. The van der Waals surface area contributed by atoms with E-state index in [9.17, 15) is 0 Å². The van der Waals surface area contributed by atoms with Crippen LogP contribution in [0.15, 0.2) is 24.5 Å². The molecule has 13 heavy (non-hydrogen) atoms. The number of aliphatic hydroxyl groups excluding tert-OH is 1. The van der Waals surface area contributed by atoms with E-state index in [1.54, 1.807) is 10.7 Å². The molecule has 2 aromatic heterocycles. The van der Waals surface area contributed by atoms with Crippen molar-refractivity contribution in [1.82, 2.24) is 9.61 Å². The molecule has 0 saturated carbocycles. The van der Waals surface area contributed by atoms with Gasteiger partial charge in [0.1, 0.15) is 0 Å². The molecule has 68 valence electrons. The van der Waals surface area contributed by atoms with Gasteiger partial charge in [-0.25, -0.2) is 4.52 Å². The molecule has 2 aromatic rings. The molecule has 0 amide bonds. The molecule has 0 aromatic carbocycles. The first kappa shape index (κ1) is 8.07. The minimum absolute atomic E-state index is 0.157. The van der Waals surface area contributed by atoms with Gasteiger partial charge in [-0.1, -0.05) is 0 Å². The number of nitrogens with two attached hydrogens (primary N) is 1. The number of nitrogen functional groups attached to an aromatic ring is 1. The molecule has 0 radical (unpaired) electrons. The molecular weight excluding hydrogens is 166 g/mol. The van der Waals surface area contributed by atoms with E-state index in [2.05, 4.69) is 5.10 Å². The zero-order chi connectivity index (χ0) is 9.26. The highest BCUT2D eigenvalue weighted by Gasteiger charge is 2.00. The van der Waals surface area contributed by atoms with Gasteiger partial charge in [0.25, 0.3) is 0 Å². The number of rotatable bonds is 2. The number of hydrogen-bond donors (Lipinski definition) is 2. The molecule has 0 unspecified atom stereocenters. The van der Waals surface area contributed by atoms with Gasteiger partial charge in [-0.2, -0.15) is 5.10 Å². The van der Waals surface area contributed by atoms with Gasteiger partial charge >= 0.3 is 0 Å². The van der Waals surface area contributed by atoms with Crippen LogP contribution in [0.5, 0.6) is 0 Å². The minimum Gasteiger partial charge on any atom is -0.396 e. The number of aromatic nitrogens is 2. The van der Waals surface area contributed by atoms with E-state index in [4.69, 9.17) is 10.8 Å². The lowest BCUT2D eigenvalue weighted by atomic mass is 10.2. The maximum atomic E-state index is 8.76. The number of fused-ring (bicyclic) bond motifs is 1. The van der Waals surface area contributed by atoms with Crippen LogP contribution in [-0.4, -0.2) is 21.3 Å². The van der Waals surface area contributed by atoms with Crippen molar-refractivity contribution in [2.24, 2.45) is 0 Å². The predicted molar refractivity (Wildman–Crippen MR) is 50.4 cm³/mol. The lowest BCUT2D eigenvalue weighted by Crippen LogP contribution is -1.94. The Balaban J connectivity index is 2.53. The van der Waals surface area contributed by atoms with E-state index in [-0.39, 0.29) is 6.61 Å². The number of anilines is 1. The fraction of sp³-hybridized carbons (Fsp3) is 0.222. The van der Waals surface area contributed by atoms with Gasteiger partial charge in [0, 0.05) is 12.8 Å². The Morgan fingerprint density at radius 2 is 2.38 bits per heavy atom. The Morgan fingerprint density at radius 1 is 1.54 bits per heavy atom. The third kappa shape index (κ3) is 1.36. The first-order valence-corrected chi connectivity index (χ1v) is 4.14. The molecule has 2 rings (SSSR count). The maximum absolute atomic E-state index is 8.76. The second kappa shape index (κ2) is 3.06. The monoisotopic (exact) mass is 177 g/mol. The highest BCUT2D eigenvalue weighted by Crippen LogP contribution is 2.14. The zero-order valence-electron chi connectivity index (χ0n) is 7.14. The van der Waals surface area contributed by atoms with Crippen LogP contribution in [0.3, 0.4) is 0 Å². The average molecular weight is 177 g/mol. The Bertz CT molecular complexity index is 422. The summed E-state index contributed by atoms with van der Waals surface area (Å²) in [4.78, 5) is 0. The van der Waals surface area contributed by atoms with Crippen LogP contribution >= 0.6 is 0 Å². The number of pyridine rings is 1. The molecule has 0 fully saturated rings. The van der Waals surface area contributed by atoms with Gasteiger partial charge in [-0.15, -0.1) is 0 Å². The summed E-state index contributed by atoms with van der Waals surface area (Å²) in [6.07, 6.45) is 4.12. The van der Waals surface area contributed by atoms with E-state index in [0.29, 0.717) is 12.1 Å². The lowest BCUT2D eigenvalue weighted by Gasteiger charge is -1.99. The molecule has 2 heterocycles. The Kier molecular flexibility index (Phi) is 1.90. The summed E-state index contributed by atoms with van der Waals surface area (Å²) in [5.41, 5.74) is 8.33. The van der Waals surface area contributed by atoms with Crippen LogP contribution in [0.25, 0.3) is 5.52 Å². The van der Waals surface area contributed by atoms with Crippen LogP contribution in [0, 0.1) is 0 Å². The zero-order valence-corrected chi connectivity index (χ0v) is 7.14. The molecule has 0 bridgehead atoms. The van der Waals surface area contributed by atoms with E-state index in [1.807, 2.05) is 18.3 Å². The molecule has 0 aliphatic heterocycles. The van der Waals surface area contributed by atoms with Crippen molar-refractivity contribution < 1.29 is 5.11 Å². The summed E-state index contributed by atoms with van der Waals surface area (Å²) < 4.78 is 1.72. The van der Waals surface area contributed by atoms with Gasteiger partial charge in [-0.05, 0) is 24.1 Å². The minimum atomic E-state index is 0.157. The van der Waals surface area contributed by atoms with Gasteiger partial charge in [0.2, 0.25) is 0 Å². The van der Waals surface area contributed by atoms with Gasteiger partial charge in [-0.3, -0.25) is 0 Å². The molecule has 3 N–H and O–H groups in total. The average Bonchev–Trinajstić information content (AvgIpc) is 2.49. The van der Waals surface area contributed by atoms with Crippen LogP contribution in [-0.2, 0) is 6.42 Å². The third-order valence-corrected chi connectivity index (χ3v) is 2.02. The molecule has 0 aliphatic rings. The van der Waals surface area contributed by atoms with Gasteiger partial charge in [0.15, 0.2) is 0 Å². The molecular formula is C9H11N3O. The van der Waals surface area contributed by atoms with Crippen LogP contribution in [0.2, 0.25) is 0 Å². The van der Waals surface area contributed by atoms with E-state index in [1.165, 1.54) is 0 Å². The normalized spacial score (nSPS) is 10.8. The molecule has 0 saturated heterocycles. The SMILES string of the molecule is Nc1cnn2ccc(CCO)cc12. The predicted octanol–water partition coefficient (Wildman–Crippen LogP) is 0.451. The first-order valence-electron chi connectivity index (χ1n) is 4.14. The largest absolute Gasteiger partial charge is 0.396 e. The molecule has 0 atom stereocenters. The Labute approximate surface area is 75.6 Å². The van der Waals surface area contributed by atoms with Crippen LogP contribution in [0.1, 0.15) is 5.56 Å². The molecule has 4 nitrogen and oxygen atoms in total. The van der Waals surface area contributed by atoms with Crippen molar-refractivity contribution in [3.63, 3.8) is 0 Å². The van der Waals surface area contributed by atoms with Crippen molar-refractivity contribution in [2.45, 2.75) is 6.42 Å². The fourth-order valence-corrected chi connectivity index (χ4v) is 1.33. The van der Waals surface area contributed by atoms with Gasteiger partial charge < -0.3 is 10.8 Å². The smallest absolute Gasteiger partial charge is 0.0894 e. The van der Waals surface area contributed by atoms with E-state index in [0.717, 1.165) is 11.1 Å². The fourth-order valence-electron chi connectivity index (χ4n) is 1.33. The van der Waals surface area contributed by atoms with Crippen molar-refractivity contribution in [3.8, 4) is 0 Å². The summed E-state index contributed by atoms with van der Waals surface area (Å²) in [6, 6.07) is 3.87. The third-order valence-electron chi connectivity index (χ3n) is 2.02. The van der Waals surface area contributed by atoms with Crippen LogP contribution < -0.4 is 5.73 Å². The lowest BCUT2D eigenvalue weighted by molar-refractivity contribution is 0.299. The highest BCUT2D eigenvalue weighted by atomic mass is 16.2. The summed E-state index contributed by atoms with van der Waals surface area (Å²) in [6.45, 7) is 0.157. The Hall–Kier alpha value is -1.55. The summed E-state index contributed by atoms with van der Waals surface area (Å²) >= 11 is 0. The molecule has 0 spiro atoms. The summed E-state index contributed by atoms with van der Waals surface area (Å²) in [5, 5.41) is 12.8. The van der Waals surface area contributed by atoms with E-state index >= 15 is 0 Å². The second-order valence-corrected chi connectivity index (χ2v) is 2.94. The summed E-state index contributed by atoms with van der Waals surface area (Å²) in [7, 11) is 0. The number of hydrogen-bond acceptors (Lipinski definition) is 3. The number of aliphatic hydroxyl groups is 1. The Morgan fingerprint density at radius 3 is 3.15 bits per heavy atom. The standard InChI is InChI=1S/C9H11N3O/c10-8-6-11-12-3-1-7(2-4-13)5-9(8)12/h1,3,5-6,13H,2,4,10H2. The van der Waals surface area contributed by atoms with E-state index < -0.39 is 0 Å². The van der Waals surface area contributed by atoms with Crippen molar-refractivity contribution in [3.05, 3.63) is 30.1 Å². The first-order chi connectivity index (χ1) is 6.31. The van der Waals surface area contributed by atoms with Crippen molar-refractivity contribution in [2.75, 3.05) is 12.3 Å². The summed E-state index contributed by atoms with van der Waals surface area (Å²) in [5.74, 6) is 0. The van der Waals surface area contributed by atoms with Crippen molar-refractivity contribution in [1.29, 1.82) is 0 Å².